The van der Waals surface area contributed by atoms with Crippen molar-refractivity contribution in [3.63, 3.8) is 0 Å². The summed E-state index contributed by atoms with van der Waals surface area (Å²) in [6, 6.07) is 3.93. The molecule has 2 aromatic rings. The Bertz CT molecular complexity index is 773. The minimum absolute atomic E-state index is 0.173. The zero-order chi connectivity index (χ0) is 21.5. The van der Waals surface area contributed by atoms with Crippen LogP contribution in [0, 0.1) is 0 Å². The van der Waals surface area contributed by atoms with Crippen molar-refractivity contribution < 1.29 is 23.0 Å². The highest BCUT2D eigenvalue weighted by Gasteiger charge is 2.35. The van der Waals surface area contributed by atoms with E-state index in [4.69, 9.17) is 10.5 Å². The Morgan fingerprint density at radius 3 is 2.48 bits per heavy atom. The summed E-state index contributed by atoms with van der Waals surface area (Å²) >= 11 is 0. The maximum Gasteiger partial charge on any atom is 0.419 e. The molecule has 0 aliphatic rings. The van der Waals surface area contributed by atoms with Gasteiger partial charge in [0.1, 0.15) is 11.6 Å². The van der Waals surface area contributed by atoms with Crippen molar-refractivity contribution in [3.8, 4) is 17.0 Å². The first kappa shape index (κ1) is 23.2. The number of ether oxygens (including phenoxy) is 1. The molecule has 0 aliphatic heterocycles. The van der Waals surface area contributed by atoms with Crippen molar-refractivity contribution >= 4 is 0 Å². The van der Waals surface area contributed by atoms with Gasteiger partial charge in [-0.05, 0) is 31.5 Å². The molecule has 29 heavy (non-hydrogen) atoms. The number of H-pyrrole nitrogens is 1. The van der Waals surface area contributed by atoms with E-state index in [0.717, 1.165) is 38.2 Å². The molecule has 1 heterocycles. The second kappa shape index (κ2) is 10.1. The fraction of sp³-hybridized carbons (Fsp3) is 0.571. The van der Waals surface area contributed by atoms with Crippen LogP contribution in [0.4, 0.5) is 13.2 Å². The molecule has 4 N–H and O–H groups in total. The van der Waals surface area contributed by atoms with Gasteiger partial charge in [0.15, 0.2) is 0 Å². The molecule has 0 fully saturated rings. The van der Waals surface area contributed by atoms with Gasteiger partial charge in [-0.25, -0.2) is 4.98 Å². The quantitative estimate of drug-likeness (QED) is 0.453. The monoisotopic (exact) mass is 413 g/mol. The van der Waals surface area contributed by atoms with E-state index in [0.29, 0.717) is 17.1 Å². The number of alkyl halides is 3. The van der Waals surface area contributed by atoms with Crippen molar-refractivity contribution in [3.05, 3.63) is 35.8 Å². The Morgan fingerprint density at radius 1 is 1.14 bits per heavy atom. The fourth-order valence-electron chi connectivity index (χ4n) is 2.94. The van der Waals surface area contributed by atoms with Gasteiger partial charge >= 0.3 is 6.18 Å². The molecule has 0 saturated carbocycles. The van der Waals surface area contributed by atoms with E-state index in [1.165, 1.54) is 18.7 Å². The largest absolute Gasteiger partial charge is 0.493 e. The minimum Gasteiger partial charge on any atom is -0.493 e. The number of aliphatic hydroxyl groups is 1. The van der Waals surface area contributed by atoms with Gasteiger partial charge in [-0.2, -0.15) is 13.2 Å². The molecule has 1 atom stereocenters. The zero-order valence-electron chi connectivity index (χ0n) is 17.0. The van der Waals surface area contributed by atoms with Crippen LogP contribution in [0.5, 0.6) is 5.75 Å². The molecular formula is C21H30F3N3O2. The van der Waals surface area contributed by atoms with E-state index in [9.17, 15) is 18.3 Å². The van der Waals surface area contributed by atoms with Crippen LogP contribution in [0.2, 0.25) is 0 Å². The number of hydrogen-bond acceptors (Lipinski definition) is 4. The number of hydrogen-bond donors (Lipinski definition) is 3. The molecule has 0 radical (unpaired) electrons. The van der Waals surface area contributed by atoms with Crippen molar-refractivity contribution in [1.29, 1.82) is 0 Å². The van der Waals surface area contributed by atoms with Crippen molar-refractivity contribution in [2.45, 2.75) is 64.1 Å². The number of benzene rings is 1. The number of aromatic nitrogens is 2. The predicted molar refractivity (Wildman–Crippen MR) is 107 cm³/mol. The molecule has 8 heteroatoms. The lowest BCUT2D eigenvalue weighted by atomic mass is 10.1. The molecule has 1 aromatic heterocycles. The number of imidazole rings is 1. The number of rotatable bonds is 11. The molecular weight excluding hydrogens is 383 g/mol. The van der Waals surface area contributed by atoms with E-state index in [-0.39, 0.29) is 19.0 Å². The highest BCUT2D eigenvalue weighted by atomic mass is 19.4. The van der Waals surface area contributed by atoms with E-state index >= 15 is 0 Å². The van der Waals surface area contributed by atoms with Crippen LogP contribution < -0.4 is 10.5 Å². The third-order valence-electron chi connectivity index (χ3n) is 4.80. The Hall–Kier alpha value is -2.06. The molecule has 0 saturated heterocycles. The van der Waals surface area contributed by atoms with Gasteiger partial charge in [-0.1, -0.05) is 39.0 Å². The first-order valence-electron chi connectivity index (χ1n) is 9.98. The lowest BCUT2D eigenvalue weighted by Gasteiger charge is -2.18. The van der Waals surface area contributed by atoms with Crippen LogP contribution in [0.1, 0.15) is 63.8 Å². The van der Waals surface area contributed by atoms with Gasteiger partial charge in [-0.3, -0.25) is 0 Å². The van der Waals surface area contributed by atoms with E-state index in [1.807, 2.05) is 0 Å². The van der Waals surface area contributed by atoms with Crippen LogP contribution in [-0.2, 0) is 11.7 Å². The molecule has 0 amide bonds. The van der Waals surface area contributed by atoms with Gasteiger partial charge in [0.05, 0.1) is 36.2 Å². The van der Waals surface area contributed by atoms with Crippen LogP contribution in [0.15, 0.2) is 24.4 Å². The van der Waals surface area contributed by atoms with Gasteiger partial charge in [0.25, 0.3) is 0 Å². The lowest BCUT2D eigenvalue weighted by Crippen LogP contribution is -2.38. The fourth-order valence-corrected chi connectivity index (χ4v) is 2.94. The van der Waals surface area contributed by atoms with E-state index in [2.05, 4.69) is 16.9 Å². The number of halogens is 3. The molecule has 0 aliphatic carbocycles. The Kier molecular flexibility index (Phi) is 8.10. The first-order chi connectivity index (χ1) is 13.7. The Balaban J connectivity index is 2.12. The van der Waals surface area contributed by atoms with E-state index < -0.39 is 17.3 Å². The normalized spacial score (nSPS) is 14.0. The topological polar surface area (TPSA) is 84.2 Å². The average Bonchev–Trinajstić information content (AvgIpc) is 3.18. The lowest BCUT2D eigenvalue weighted by molar-refractivity contribution is -0.138. The summed E-state index contributed by atoms with van der Waals surface area (Å²) in [7, 11) is 0. The number of nitrogens with zero attached hydrogens (tertiary/aromatic N) is 1. The van der Waals surface area contributed by atoms with Gasteiger partial charge < -0.3 is 20.6 Å². The summed E-state index contributed by atoms with van der Waals surface area (Å²) in [5.41, 5.74) is 4.69. The molecule has 2 rings (SSSR count). The maximum absolute atomic E-state index is 13.5. The standard InChI is InChI=1S/C21H30F3N3O2/c1-3-4-5-6-7-8-11-29-18-10-9-15(12-16(18)21(22,23)24)17-13-26-19(27-17)20(2,25)14-28/h9-10,12-13,28H,3-8,11,14,25H2,1-2H3,(H,26,27). The third-order valence-corrected chi connectivity index (χ3v) is 4.80. The molecule has 1 aromatic carbocycles. The van der Waals surface area contributed by atoms with Crippen molar-refractivity contribution in [2.75, 3.05) is 13.2 Å². The van der Waals surface area contributed by atoms with Crippen LogP contribution >= 0.6 is 0 Å². The summed E-state index contributed by atoms with van der Waals surface area (Å²) in [6.45, 7) is 3.62. The maximum atomic E-state index is 13.5. The molecule has 0 spiro atoms. The number of nitrogens with one attached hydrogen (secondary N) is 1. The second-order valence-corrected chi connectivity index (χ2v) is 7.55. The first-order valence-corrected chi connectivity index (χ1v) is 9.98. The summed E-state index contributed by atoms with van der Waals surface area (Å²) in [6.07, 6.45) is 3.08. The summed E-state index contributed by atoms with van der Waals surface area (Å²) < 4.78 is 46.1. The molecule has 0 bridgehead atoms. The van der Waals surface area contributed by atoms with Crippen LogP contribution in [-0.4, -0.2) is 28.3 Å². The number of nitrogens with two attached hydrogens (primary N) is 1. The highest BCUT2D eigenvalue weighted by Crippen LogP contribution is 2.38. The SMILES string of the molecule is CCCCCCCCOc1ccc(-c2cnc(C(C)(N)CO)[nH]2)cc1C(F)(F)F. The van der Waals surface area contributed by atoms with Crippen molar-refractivity contribution in [1.82, 2.24) is 9.97 Å². The minimum atomic E-state index is -4.54. The Morgan fingerprint density at radius 2 is 1.83 bits per heavy atom. The summed E-state index contributed by atoms with van der Waals surface area (Å²) in [5.74, 6) is 0.125. The second-order valence-electron chi connectivity index (χ2n) is 7.55. The third kappa shape index (κ3) is 6.47. The van der Waals surface area contributed by atoms with Crippen molar-refractivity contribution in [2.24, 2.45) is 5.73 Å². The number of aromatic amines is 1. The molecule has 1 unspecified atom stereocenters. The van der Waals surface area contributed by atoms with Gasteiger partial charge in [0, 0.05) is 5.56 Å². The smallest absolute Gasteiger partial charge is 0.419 e. The zero-order valence-corrected chi connectivity index (χ0v) is 17.0. The van der Waals surface area contributed by atoms with E-state index in [1.54, 1.807) is 13.0 Å². The van der Waals surface area contributed by atoms with Crippen LogP contribution in [0.25, 0.3) is 11.3 Å². The number of unbranched alkanes of at least 4 members (excludes halogenated alkanes) is 5. The number of aliphatic hydroxyl groups excluding tert-OH is 1. The summed E-state index contributed by atoms with van der Waals surface area (Å²) in [4.78, 5) is 6.98. The molecule has 162 valence electrons. The van der Waals surface area contributed by atoms with Gasteiger partial charge in [-0.15, -0.1) is 0 Å². The van der Waals surface area contributed by atoms with Crippen LogP contribution in [0.3, 0.4) is 0 Å². The predicted octanol–water partition coefficient (Wildman–Crippen LogP) is 5.00. The summed E-state index contributed by atoms with van der Waals surface area (Å²) in [5, 5.41) is 9.33. The van der Waals surface area contributed by atoms with Gasteiger partial charge in [0.2, 0.25) is 0 Å². The highest BCUT2D eigenvalue weighted by molar-refractivity contribution is 5.62. The molecule has 5 nitrogen and oxygen atoms in total. The Labute approximate surface area is 169 Å². The average molecular weight is 413 g/mol.